The minimum absolute atomic E-state index is 0.0649. The third kappa shape index (κ3) is 3.20. The van der Waals surface area contributed by atoms with Crippen LogP contribution in [0.3, 0.4) is 0 Å². The Morgan fingerprint density at radius 3 is 2.64 bits per heavy atom. The van der Waals surface area contributed by atoms with Crippen molar-refractivity contribution in [3.8, 4) is 0 Å². The molecule has 146 valence electrons. The Balaban J connectivity index is 1.17. The van der Waals surface area contributed by atoms with Crippen molar-refractivity contribution in [1.29, 1.82) is 0 Å². The summed E-state index contributed by atoms with van der Waals surface area (Å²) < 4.78 is 0. The standard InChI is InChI=1S/C21H25N5O2/c27-19(26-8-7-15-3-1-2-4-18(15)26)14-24-9-11-25(12-10-24)21(28)17-13-22-23-20(17)16-5-6-16/h1-4,13,16H,5-12,14H2,(H,22,23). The minimum atomic E-state index is 0.0649. The number of fused-ring (bicyclic) bond motifs is 1. The fraction of sp³-hybridized carbons (Fsp3) is 0.476. The number of nitrogens with one attached hydrogen (secondary N) is 1. The van der Waals surface area contributed by atoms with Crippen molar-refractivity contribution in [2.24, 2.45) is 0 Å². The number of aromatic nitrogens is 2. The van der Waals surface area contributed by atoms with Crippen LogP contribution in [-0.4, -0.2) is 71.1 Å². The number of nitrogens with zero attached hydrogens (tertiary/aromatic N) is 4. The summed E-state index contributed by atoms with van der Waals surface area (Å²) in [5.74, 6) is 0.689. The first kappa shape index (κ1) is 17.4. The van der Waals surface area contributed by atoms with Crippen LogP contribution in [0.15, 0.2) is 30.5 Å². The summed E-state index contributed by atoms with van der Waals surface area (Å²) in [5, 5.41) is 7.09. The summed E-state index contributed by atoms with van der Waals surface area (Å²) in [6, 6.07) is 8.14. The van der Waals surface area contributed by atoms with Crippen molar-refractivity contribution in [3.05, 3.63) is 47.3 Å². The van der Waals surface area contributed by atoms with Gasteiger partial charge in [-0.15, -0.1) is 0 Å². The second-order valence-corrected chi connectivity index (χ2v) is 7.96. The topological polar surface area (TPSA) is 72.5 Å². The Morgan fingerprint density at radius 1 is 1.07 bits per heavy atom. The van der Waals surface area contributed by atoms with Gasteiger partial charge in [-0.05, 0) is 30.9 Å². The molecule has 1 saturated carbocycles. The highest BCUT2D eigenvalue weighted by Crippen LogP contribution is 2.40. The zero-order valence-corrected chi connectivity index (χ0v) is 15.9. The number of benzene rings is 1. The van der Waals surface area contributed by atoms with Gasteiger partial charge >= 0.3 is 0 Å². The molecule has 3 aliphatic rings. The average molecular weight is 379 g/mol. The number of carbonyl (C=O) groups is 2. The highest BCUT2D eigenvalue weighted by Gasteiger charge is 2.33. The van der Waals surface area contributed by atoms with Crippen LogP contribution in [0.1, 0.15) is 40.4 Å². The predicted molar refractivity (Wildman–Crippen MR) is 105 cm³/mol. The highest BCUT2D eigenvalue weighted by molar-refractivity contribution is 5.97. The molecule has 0 radical (unpaired) electrons. The predicted octanol–water partition coefficient (Wildman–Crippen LogP) is 1.63. The van der Waals surface area contributed by atoms with Gasteiger partial charge in [0.1, 0.15) is 0 Å². The zero-order valence-electron chi connectivity index (χ0n) is 15.9. The summed E-state index contributed by atoms with van der Waals surface area (Å²) in [6.07, 6.45) is 4.87. The van der Waals surface area contributed by atoms with Gasteiger partial charge in [0.2, 0.25) is 5.91 Å². The van der Waals surface area contributed by atoms with Crippen LogP contribution in [0.25, 0.3) is 0 Å². The minimum Gasteiger partial charge on any atom is -0.336 e. The summed E-state index contributed by atoms with van der Waals surface area (Å²) in [5.41, 5.74) is 4.02. The van der Waals surface area contributed by atoms with Gasteiger partial charge in [0.15, 0.2) is 0 Å². The van der Waals surface area contributed by atoms with E-state index in [1.807, 2.05) is 28.0 Å². The lowest BCUT2D eigenvalue weighted by atomic mass is 10.1. The molecule has 1 saturated heterocycles. The summed E-state index contributed by atoms with van der Waals surface area (Å²) in [7, 11) is 0. The van der Waals surface area contributed by atoms with Crippen molar-refractivity contribution in [2.45, 2.75) is 25.2 Å². The molecule has 1 aliphatic carbocycles. The summed E-state index contributed by atoms with van der Waals surface area (Å²) >= 11 is 0. The Labute approximate surface area is 164 Å². The number of piperazine rings is 1. The van der Waals surface area contributed by atoms with Crippen LogP contribution in [-0.2, 0) is 11.2 Å². The number of carbonyl (C=O) groups excluding carboxylic acids is 2. The van der Waals surface area contributed by atoms with Gasteiger partial charge in [-0.3, -0.25) is 19.6 Å². The molecule has 7 nitrogen and oxygen atoms in total. The quantitative estimate of drug-likeness (QED) is 0.877. The van der Waals surface area contributed by atoms with E-state index in [1.165, 1.54) is 5.56 Å². The smallest absolute Gasteiger partial charge is 0.257 e. The van der Waals surface area contributed by atoms with Crippen molar-refractivity contribution in [2.75, 3.05) is 44.2 Å². The van der Waals surface area contributed by atoms with E-state index in [9.17, 15) is 9.59 Å². The molecule has 0 bridgehead atoms. The molecule has 1 aromatic carbocycles. The second-order valence-electron chi connectivity index (χ2n) is 7.96. The summed E-state index contributed by atoms with van der Waals surface area (Å²) in [6.45, 7) is 3.93. The number of H-pyrrole nitrogens is 1. The van der Waals surface area contributed by atoms with Crippen LogP contribution >= 0.6 is 0 Å². The third-order valence-electron chi connectivity index (χ3n) is 6.09. The van der Waals surface area contributed by atoms with Gasteiger partial charge < -0.3 is 9.80 Å². The van der Waals surface area contributed by atoms with E-state index >= 15 is 0 Å². The van der Waals surface area contributed by atoms with Gasteiger partial charge in [-0.25, -0.2) is 0 Å². The molecule has 0 unspecified atom stereocenters. The van der Waals surface area contributed by atoms with Crippen LogP contribution in [0.5, 0.6) is 0 Å². The molecule has 3 heterocycles. The Morgan fingerprint density at radius 2 is 1.86 bits per heavy atom. The maximum absolute atomic E-state index is 12.9. The second kappa shape index (κ2) is 7.05. The summed E-state index contributed by atoms with van der Waals surface area (Å²) in [4.78, 5) is 31.6. The van der Waals surface area contributed by atoms with E-state index < -0.39 is 0 Å². The van der Waals surface area contributed by atoms with Crippen LogP contribution in [0, 0.1) is 0 Å². The molecule has 2 aromatic rings. The molecule has 2 aliphatic heterocycles. The van der Waals surface area contributed by atoms with E-state index in [0.29, 0.717) is 25.6 Å². The number of para-hydroxylation sites is 1. The monoisotopic (exact) mass is 379 g/mol. The van der Waals surface area contributed by atoms with E-state index in [-0.39, 0.29) is 11.8 Å². The van der Waals surface area contributed by atoms with Gasteiger partial charge in [-0.2, -0.15) is 5.10 Å². The van der Waals surface area contributed by atoms with Crippen LogP contribution < -0.4 is 4.90 Å². The van der Waals surface area contributed by atoms with Gasteiger partial charge in [0.05, 0.1) is 24.0 Å². The Bertz CT molecular complexity index is 896. The fourth-order valence-corrected chi connectivity index (χ4v) is 4.30. The van der Waals surface area contributed by atoms with Crippen molar-refractivity contribution in [1.82, 2.24) is 20.0 Å². The van der Waals surface area contributed by atoms with Gasteiger partial charge in [0, 0.05) is 44.3 Å². The van der Waals surface area contributed by atoms with E-state index in [2.05, 4.69) is 21.2 Å². The first-order chi connectivity index (χ1) is 13.7. The molecule has 28 heavy (non-hydrogen) atoms. The molecule has 2 amide bonds. The molecule has 7 heteroatoms. The number of hydrogen-bond donors (Lipinski definition) is 1. The normalized spacial score (nSPS) is 19.7. The molecule has 5 rings (SSSR count). The highest BCUT2D eigenvalue weighted by atomic mass is 16.2. The van der Waals surface area contributed by atoms with Crippen LogP contribution in [0.4, 0.5) is 5.69 Å². The lowest BCUT2D eigenvalue weighted by Crippen LogP contribution is -2.51. The van der Waals surface area contributed by atoms with E-state index in [4.69, 9.17) is 0 Å². The average Bonchev–Trinajstić information content (AvgIpc) is 3.28. The van der Waals surface area contributed by atoms with Crippen molar-refractivity contribution >= 4 is 17.5 Å². The number of aromatic amines is 1. The number of anilines is 1. The van der Waals surface area contributed by atoms with Gasteiger partial charge in [-0.1, -0.05) is 18.2 Å². The molecule has 0 spiro atoms. The molecule has 2 fully saturated rings. The molecule has 0 atom stereocenters. The van der Waals surface area contributed by atoms with E-state index in [0.717, 1.165) is 55.8 Å². The lowest BCUT2D eigenvalue weighted by molar-refractivity contribution is -0.120. The molecular weight excluding hydrogens is 354 g/mol. The molecule has 1 aromatic heterocycles. The van der Waals surface area contributed by atoms with Gasteiger partial charge in [0.25, 0.3) is 5.91 Å². The number of rotatable bonds is 4. The number of amides is 2. The third-order valence-corrected chi connectivity index (χ3v) is 6.09. The maximum atomic E-state index is 12.9. The molecule has 1 N–H and O–H groups in total. The Kier molecular flexibility index (Phi) is 4.39. The largest absolute Gasteiger partial charge is 0.336 e. The first-order valence-electron chi connectivity index (χ1n) is 10.1. The zero-order chi connectivity index (χ0) is 19.1. The lowest BCUT2D eigenvalue weighted by Gasteiger charge is -2.35. The maximum Gasteiger partial charge on any atom is 0.257 e. The van der Waals surface area contributed by atoms with Crippen molar-refractivity contribution in [3.63, 3.8) is 0 Å². The first-order valence-corrected chi connectivity index (χ1v) is 10.1. The SMILES string of the molecule is O=C(c1cn[nH]c1C1CC1)N1CCN(CC(=O)N2CCc3ccccc32)CC1. The van der Waals surface area contributed by atoms with Crippen molar-refractivity contribution < 1.29 is 9.59 Å². The fourth-order valence-electron chi connectivity index (χ4n) is 4.30. The molecular formula is C21H25N5O2. The van der Waals surface area contributed by atoms with Crippen LogP contribution in [0.2, 0.25) is 0 Å². The number of hydrogen-bond acceptors (Lipinski definition) is 4. The van der Waals surface area contributed by atoms with E-state index in [1.54, 1.807) is 6.20 Å². The Hall–Kier alpha value is -2.67.